The van der Waals surface area contributed by atoms with Gasteiger partial charge in [-0.05, 0) is 23.8 Å². The lowest BCUT2D eigenvalue weighted by molar-refractivity contribution is -0.149. The Labute approximate surface area is 89.5 Å². The minimum atomic E-state index is -4.64. The molecule has 1 rings (SSSR count). The van der Waals surface area contributed by atoms with E-state index in [1.54, 1.807) is 12.1 Å². The van der Waals surface area contributed by atoms with Crippen LogP contribution in [0.2, 0.25) is 0 Å². The number of rotatable bonds is 1. The van der Waals surface area contributed by atoms with Gasteiger partial charge < -0.3 is 5.73 Å². The van der Waals surface area contributed by atoms with E-state index < -0.39 is 12.2 Å². The summed E-state index contributed by atoms with van der Waals surface area (Å²) in [4.78, 5) is 0. The van der Waals surface area contributed by atoms with Gasteiger partial charge in [-0.3, -0.25) is 0 Å². The van der Waals surface area contributed by atoms with E-state index in [0.717, 1.165) is 12.1 Å². The van der Waals surface area contributed by atoms with E-state index in [2.05, 4.69) is 0 Å². The molecule has 2 N–H and O–H groups in total. The highest BCUT2D eigenvalue weighted by Gasteiger charge is 2.39. The van der Waals surface area contributed by atoms with Gasteiger partial charge in [0.05, 0.1) is 23.3 Å². The first-order chi connectivity index (χ1) is 7.40. The summed E-state index contributed by atoms with van der Waals surface area (Å²) in [6, 6.07) is 4.45. The third-order valence-corrected chi connectivity index (χ3v) is 1.99. The minimum absolute atomic E-state index is 0.0358. The Kier molecular flexibility index (Phi) is 3.17. The molecule has 16 heavy (non-hydrogen) atoms. The van der Waals surface area contributed by atoms with Gasteiger partial charge >= 0.3 is 6.18 Å². The lowest BCUT2D eigenvalue weighted by Crippen LogP contribution is -2.29. The molecule has 0 heterocycles. The van der Waals surface area contributed by atoms with E-state index >= 15 is 0 Å². The smallest absolute Gasteiger partial charge is 0.316 e. The first kappa shape index (κ1) is 12.0. The van der Waals surface area contributed by atoms with E-state index in [4.69, 9.17) is 16.3 Å². The lowest BCUT2D eigenvalue weighted by Gasteiger charge is -2.17. The molecule has 1 aromatic carbocycles. The van der Waals surface area contributed by atoms with Crippen molar-refractivity contribution in [2.24, 2.45) is 5.73 Å². The molecule has 6 heteroatoms. The standard InChI is InChI=1S/C10H6F3N3/c11-10(12,13)9(16)8-3-6(4-14)1-2-7(8)5-15/h1-3,9H,16H2/t9-/m0/s1. The Balaban J connectivity index is 3.32. The van der Waals surface area contributed by atoms with Crippen LogP contribution >= 0.6 is 0 Å². The van der Waals surface area contributed by atoms with Crippen molar-refractivity contribution in [3.63, 3.8) is 0 Å². The highest BCUT2D eigenvalue weighted by Crippen LogP contribution is 2.32. The quantitative estimate of drug-likeness (QED) is 0.794. The lowest BCUT2D eigenvalue weighted by atomic mass is 9.99. The summed E-state index contributed by atoms with van der Waals surface area (Å²) in [5.41, 5.74) is 4.46. The topological polar surface area (TPSA) is 73.6 Å². The average Bonchev–Trinajstić information content (AvgIpc) is 2.25. The van der Waals surface area contributed by atoms with Gasteiger partial charge in [0, 0.05) is 0 Å². The van der Waals surface area contributed by atoms with Crippen LogP contribution in [0.5, 0.6) is 0 Å². The first-order valence-electron chi connectivity index (χ1n) is 4.16. The normalized spacial score (nSPS) is 12.6. The van der Waals surface area contributed by atoms with Crippen LogP contribution in [0.1, 0.15) is 22.7 Å². The number of benzene rings is 1. The van der Waals surface area contributed by atoms with Crippen LogP contribution in [0.4, 0.5) is 13.2 Å². The molecule has 0 aliphatic heterocycles. The Hall–Kier alpha value is -2.05. The van der Waals surface area contributed by atoms with Crippen molar-refractivity contribution in [2.75, 3.05) is 0 Å². The minimum Gasteiger partial charge on any atom is -0.316 e. The molecule has 1 atom stereocenters. The largest absolute Gasteiger partial charge is 0.407 e. The average molecular weight is 225 g/mol. The van der Waals surface area contributed by atoms with E-state index in [1.807, 2.05) is 0 Å². The summed E-state index contributed by atoms with van der Waals surface area (Å²) in [7, 11) is 0. The summed E-state index contributed by atoms with van der Waals surface area (Å²) >= 11 is 0. The molecule has 0 saturated heterocycles. The van der Waals surface area contributed by atoms with Crippen LogP contribution in [-0.4, -0.2) is 6.18 Å². The van der Waals surface area contributed by atoms with Crippen LogP contribution in [0.3, 0.4) is 0 Å². The van der Waals surface area contributed by atoms with Crippen molar-refractivity contribution in [1.29, 1.82) is 10.5 Å². The number of alkyl halides is 3. The number of hydrogen-bond donors (Lipinski definition) is 1. The van der Waals surface area contributed by atoms with Crippen LogP contribution < -0.4 is 5.73 Å². The van der Waals surface area contributed by atoms with Gasteiger partial charge in [0.15, 0.2) is 0 Å². The van der Waals surface area contributed by atoms with Crippen molar-refractivity contribution >= 4 is 0 Å². The molecule has 0 saturated carbocycles. The van der Waals surface area contributed by atoms with E-state index in [0.29, 0.717) is 0 Å². The second kappa shape index (κ2) is 4.21. The number of nitriles is 2. The molecule has 0 fully saturated rings. The third-order valence-electron chi connectivity index (χ3n) is 1.99. The summed E-state index contributed by atoms with van der Waals surface area (Å²) < 4.78 is 37.1. The molecule has 1 aromatic rings. The van der Waals surface area contributed by atoms with Crippen LogP contribution in [0.25, 0.3) is 0 Å². The zero-order chi connectivity index (χ0) is 12.3. The zero-order valence-electron chi connectivity index (χ0n) is 7.92. The fraction of sp³-hybridized carbons (Fsp3) is 0.200. The first-order valence-corrected chi connectivity index (χ1v) is 4.16. The molecular weight excluding hydrogens is 219 g/mol. The molecule has 82 valence electrons. The van der Waals surface area contributed by atoms with E-state index in [-0.39, 0.29) is 16.7 Å². The summed E-state index contributed by atoms with van der Waals surface area (Å²) in [6.07, 6.45) is -4.64. The van der Waals surface area contributed by atoms with Crippen LogP contribution in [0, 0.1) is 22.7 Å². The molecule has 0 aromatic heterocycles. The van der Waals surface area contributed by atoms with Crippen LogP contribution in [-0.2, 0) is 0 Å². The Morgan fingerprint density at radius 3 is 2.25 bits per heavy atom. The van der Waals surface area contributed by atoms with Gasteiger partial charge in [-0.1, -0.05) is 0 Å². The van der Waals surface area contributed by atoms with E-state index in [1.165, 1.54) is 6.07 Å². The fourth-order valence-electron chi connectivity index (χ4n) is 1.17. The Morgan fingerprint density at radius 1 is 1.19 bits per heavy atom. The van der Waals surface area contributed by atoms with Crippen molar-refractivity contribution in [3.8, 4) is 12.1 Å². The number of nitrogens with two attached hydrogens (primary N) is 1. The zero-order valence-corrected chi connectivity index (χ0v) is 7.92. The van der Waals surface area contributed by atoms with Crippen molar-refractivity contribution in [1.82, 2.24) is 0 Å². The number of halogens is 3. The molecule has 0 bridgehead atoms. The fourth-order valence-corrected chi connectivity index (χ4v) is 1.17. The van der Waals surface area contributed by atoms with Gasteiger partial charge in [0.2, 0.25) is 0 Å². The second-order valence-corrected chi connectivity index (χ2v) is 3.04. The predicted octanol–water partition coefficient (Wildman–Crippen LogP) is 1.99. The molecule has 0 aliphatic rings. The highest BCUT2D eigenvalue weighted by atomic mass is 19.4. The summed E-state index contributed by atoms with van der Waals surface area (Å²) in [5, 5.41) is 17.2. The molecule has 0 aliphatic carbocycles. The number of hydrogen-bond acceptors (Lipinski definition) is 3. The van der Waals surface area contributed by atoms with Gasteiger partial charge in [-0.25, -0.2) is 0 Å². The molecule has 0 radical (unpaired) electrons. The molecule has 0 unspecified atom stereocenters. The maximum absolute atomic E-state index is 12.4. The summed E-state index contributed by atoms with van der Waals surface area (Å²) in [5.74, 6) is 0. The van der Waals surface area contributed by atoms with Gasteiger partial charge in [-0.15, -0.1) is 0 Å². The van der Waals surface area contributed by atoms with Crippen molar-refractivity contribution < 1.29 is 13.2 Å². The van der Waals surface area contributed by atoms with Crippen molar-refractivity contribution in [3.05, 3.63) is 34.9 Å². The van der Waals surface area contributed by atoms with Crippen molar-refractivity contribution in [2.45, 2.75) is 12.2 Å². The molecule has 3 nitrogen and oxygen atoms in total. The highest BCUT2D eigenvalue weighted by molar-refractivity contribution is 5.45. The SMILES string of the molecule is N#Cc1ccc(C#N)c([C@H](N)C(F)(F)F)c1. The van der Waals surface area contributed by atoms with Gasteiger partial charge in [0.25, 0.3) is 0 Å². The van der Waals surface area contributed by atoms with Gasteiger partial charge in [-0.2, -0.15) is 23.7 Å². The molecule has 0 amide bonds. The number of nitrogens with zero attached hydrogens (tertiary/aromatic N) is 2. The maximum atomic E-state index is 12.4. The summed E-state index contributed by atoms with van der Waals surface area (Å²) in [6.45, 7) is 0. The second-order valence-electron chi connectivity index (χ2n) is 3.04. The monoisotopic (exact) mass is 225 g/mol. The van der Waals surface area contributed by atoms with Gasteiger partial charge in [0.1, 0.15) is 6.04 Å². The van der Waals surface area contributed by atoms with E-state index in [9.17, 15) is 13.2 Å². The van der Waals surface area contributed by atoms with Crippen LogP contribution in [0.15, 0.2) is 18.2 Å². The molecule has 0 spiro atoms. The predicted molar refractivity (Wildman–Crippen MR) is 48.9 cm³/mol. The molecular formula is C10H6F3N3. The maximum Gasteiger partial charge on any atom is 0.407 e. The third kappa shape index (κ3) is 2.30. The Bertz CT molecular complexity index is 480. The Morgan fingerprint density at radius 2 is 1.81 bits per heavy atom.